The van der Waals surface area contributed by atoms with E-state index in [9.17, 15) is 4.79 Å². The molecular weight excluding hydrogens is 272 g/mol. The van der Waals surface area contributed by atoms with Crippen LogP contribution in [0.4, 0.5) is 0 Å². The number of nitrogens with zero attached hydrogens (tertiary/aromatic N) is 1. The average Bonchev–Trinajstić information content (AvgIpc) is 2.44. The van der Waals surface area contributed by atoms with E-state index >= 15 is 0 Å². The Hall–Kier alpha value is -1.59. The number of aromatic nitrogens is 1. The first-order valence-corrected chi connectivity index (χ1v) is 7.39. The summed E-state index contributed by atoms with van der Waals surface area (Å²) in [5.41, 5.74) is -0.593. The van der Waals surface area contributed by atoms with Crippen LogP contribution >= 0.6 is 11.8 Å². The van der Waals surface area contributed by atoms with E-state index in [1.165, 1.54) is 11.8 Å². The van der Waals surface area contributed by atoms with E-state index < -0.39 is 5.54 Å². The minimum atomic E-state index is -0.593. The lowest BCUT2D eigenvalue weighted by Gasteiger charge is -2.23. The number of carbonyl (C=O) groups is 1. The quantitative estimate of drug-likeness (QED) is 0.829. The number of aliphatic hydroxyl groups is 1. The molecule has 0 unspecified atom stereocenters. The number of pyridine rings is 1. The Labute approximate surface area is 122 Å². The van der Waals surface area contributed by atoms with Crippen molar-refractivity contribution in [2.24, 2.45) is 0 Å². The van der Waals surface area contributed by atoms with Crippen LogP contribution in [0.15, 0.2) is 41.6 Å². The van der Waals surface area contributed by atoms with Crippen LogP contribution in [0.25, 0.3) is 10.8 Å². The Morgan fingerprint density at radius 1 is 1.35 bits per heavy atom. The number of rotatable bonds is 5. The summed E-state index contributed by atoms with van der Waals surface area (Å²) in [6.45, 7) is 3.48. The molecule has 0 spiro atoms. The fraction of sp³-hybridized carbons (Fsp3) is 0.333. The molecule has 1 aromatic heterocycles. The largest absolute Gasteiger partial charge is 0.394 e. The van der Waals surface area contributed by atoms with E-state index in [-0.39, 0.29) is 18.3 Å². The first-order chi connectivity index (χ1) is 9.52. The van der Waals surface area contributed by atoms with Crippen molar-refractivity contribution in [2.75, 3.05) is 12.4 Å². The highest BCUT2D eigenvalue weighted by Crippen LogP contribution is 2.25. The van der Waals surface area contributed by atoms with Crippen molar-refractivity contribution >= 4 is 28.4 Å². The second-order valence-electron chi connectivity index (χ2n) is 5.22. The van der Waals surface area contributed by atoms with Gasteiger partial charge in [0.15, 0.2) is 0 Å². The fourth-order valence-corrected chi connectivity index (χ4v) is 2.61. The number of fused-ring (bicyclic) bond motifs is 1. The molecule has 2 N–H and O–H groups in total. The predicted molar refractivity (Wildman–Crippen MR) is 81.8 cm³/mol. The fourth-order valence-electron chi connectivity index (χ4n) is 1.79. The molecule has 0 atom stereocenters. The van der Waals surface area contributed by atoms with Gasteiger partial charge in [0.2, 0.25) is 5.91 Å². The van der Waals surface area contributed by atoms with Crippen LogP contribution < -0.4 is 5.32 Å². The van der Waals surface area contributed by atoms with Crippen molar-refractivity contribution < 1.29 is 9.90 Å². The number of hydrogen-bond donors (Lipinski definition) is 2. The second kappa shape index (κ2) is 6.24. The standard InChI is InChI=1S/C15H18N2O2S/c1-15(2,10-18)17-13(19)9-20-14-12-6-4-3-5-11(12)7-8-16-14/h3-8,18H,9-10H2,1-2H3,(H,17,19). The molecular formula is C15H18N2O2S. The summed E-state index contributed by atoms with van der Waals surface area (Å²) in [5, 5.41) is 14.9. The third-order valence-electron chi connectivity index (χ3n) is 2.85. The lowest BCUT2D eigenvalue weighted by atomic mass is 10.1. The molecule has 1 amide bonds. The van der Waals surface area contributed by atoms with Gasteiger partial charge >= 0.3 is 0 Å². The molecule has 0 saturated heterocycles. The zero-order valence-electron chi connectivity index (χ0n) is 11.6. The van der Waals surface area contributed by atoms with Crippen molar-refractivity contribution in [2.45, 2.75) is 24.4 Å². The molecule has 0 aliphatic rings. The smallest absolute Gasteiger partial charge is 0.230 e. The van der Waals surface area contributed by atoms with Gasteiger partial charge in [0, 0.05) is 11.6 Å². The van der Waals surface area contributed by atoms with Crippen LogP contribution in [0.3, 0.4) is 0 Å². The first-order valence-electron chi connectivity index (χ1n) is 6.40. The molecule has 106 valence electrons. The Bertz CT molecular complexity index is 608. The zero-order valence-corrected chi connectivity index (χ0v) is 12.4. The van der Waals surface area contributed by atoms with Crippen molar-refractivity contribution in [3.05, 3.63) is 36.5 Å². The summed E-state index contributed by atoms with van der Waals surface area (Å²) >= 11 is 1.40. The lowest BCUT2D eigenvalue weighted by molar-refractivity contribution is -0.120. The number of amides is 1. The summed E-state index contributed by atoms with van der Waals surface area (Å²) in [7, 11) is 0. The number of nitrogens with one attached hydrogen (secondary N) is 1. The maximum atomic E-state index is 11.9. The Morgan fingerprint density at radius 3 is 2.85 bits per heavy atom. The predicted octanol–water partition coefficient (Wildman–Crippen LogP) is 2.21. The number of hydrogen-bond acceptors (Lipinski definition) is 4. The highest BCUT2D eigenvalue weighted by molar-refractivity contribution is 8.00. The van der Waals surface area contributed by atoms with Crippen LogP contribution in [0.1, 0.15) is 13.8 Å². The molecule has 20 heavy (non-hydrogen) atoms. The van der Waals surface area contributed by atoms with Crippen LogP contribution in [0.2, 0.25) is 0 Å². The van der Waals surface area contributed by atoms with Gasteiger partial charge in [-0.25, -0.2) is 4.98 Å². The van der Waals surface area contributed by atoms with E-state index in [1.807, 2.05) is 30.3 Å². The minimum Gasteiger partial charge on any atom is -0.394 e. The van der Waals surface area contributed by atoms with Gasteiger partial charge in [-0.2, -0.15) is 0 Å². The molecule has 0 aliphatic carbocycles. The van der Waals surface area contributed by atoms with Crippen LogP contribution in [0, 0.1) is 0 Å². The van der Waals surface area contributed by atoms with E-state index in [0.29, 0.717) is 0 Å². The summed E-state index contributed by atoms with van der Waals surface area (Å²) in [6.07, 6.45) is 1.75. The molecule has 1 aromatic carbocycles. The molecule has 0 saturated carbocycles. The van der Waals surface area contributed by atoms with E-state index in [4.69, 9.17) is 5.11 Å². The van der Waals surface area contributed by atoms with Gasteiger partial charge < -0.3 is 10.4 Å². The van der Waals surface area contributed by atoms with Gasteiger partial charge in [-0.3, -0.25) is 4.79 Å². The van der Waals surface area contributed by atoms with Crippen molar-refractivity contribution in [1.82, 2.24) is 10.3 Å². The Morgan fingerprint density at radius 2 is 2.10 bits per heavy atom. The molecule has 2 rings (SSSR count). The maximum absolute atomic E-state index is 11.9. The topological polar surface area (TPSA) is 62.2 Å². The molecule has 4 nitrogen and oxygen atoms in total. The molecule has 5 heteroatoms. The van der Waals surface area contributed by atoms with Crippen molar-refractivity contribution in [1.29, 1.82) is 0 Å². The number of benzene rings is 1. The van der Waals surface area contributed by atoms with Crippen LogP contribution in [-0.2, 0) is 4.79 Å². The number of thioether (sulfide) groups is 1. The van der Waals surface area contributed by atoms with Crippen molar-refractivity contribution in [3.8, 4) is 0 Å². The summed E-state index contributed by atoms with van der Waals surface area (Å²) in [4.78, 5) is 16.2. The van der Waals surface area contributed by atoms with Gasteiger partial charge in [0.05, 0.1) is 17.9 Å². The second-order valence-corrected chi connectivity index (χ2v) is 6.18. The molecule has 1 heterocycles. The Kier molecular flexibility index (Phi) is 4.62. The first kappa shape index (κ1) is 14.8. The van der Waals surface area contributed by atoms with E-state index in [2.05, 4.69) is 10.3 Å². The van der Waals surface area contributed by atoms with Gasteiger partial charge in [-0.1, -0.05) is 36.0 Å². The van der Waals surface area contributed by atoms with Crippen LogP contribution in [-0.4, -0.2) is 33.9 Å². The van der Waals surface area contributed by atoms with Gasteiger partial charge in [-0.15, -0.1) is 0 Å². The average molecular weight is 290 g/mol. The van der Waals surface area contributed by atoms with Crippen LogP contribution in [0.5, 0.6) is 0 Å². The number of aliphatic hydroxyl groups excluding tert-OH is 1. The molecule has 0 radical (unpaired) electrons. The van der Waals surface area contributed by atoms with Gasteiger partial charge in [-0.05, 0) is 25.3 Å². The molecule has 0 bridgehead atoms. The Balaban J connectivity index is 2.05. The van der Waals surface area contributed by atoms with E-state index in [0.717, 1.165) is 15.8 Å². The van der Waals surface area contributed by atoms with Gasteiger partial charge in [0.1, 0.15) is 5.03 Å². The summed E-state index contributed by atoms with van der Waals surface area (Å²) in [6, 6.07) is 9.92. The molecule has 0 fully saturated rings. The molecule has 2 aromatic rings. The monoisotopic (exact) mass is 290 g/mol. The highest BCUT2D eigenvalue weighted by atomic mass is 32.2. The minimum absolute atomic E-state index is 0.0874. The SMILES string of the molecule is CC(C)(CO)NC(=O)CSc1nccc2ccccc12. The lowest BCUT2D eigenvalue weighted by Crippen LogP contribution is -2.47. The maximum Gasteiger partial charge on any atom is 0.230 e. The van der Waals surface area contributed by atoms with E-state index in [1.54, 1.807) is 20.0 Å². The molecule has 0 aliphatic heterocycles. The third kappa shape index (κ3) is 3.71. The van der Waals surface area contributed by atoms with Crippen molar-refractivity contribution in [3.63, 3.8) is 0 Å². The zero-order chi connectivity index (χ0) is 14.6. The third-order valence-corrected chi connectivity index (χ3v) is 3.86. The van der Waals surface area contributed by atoms with Gasteiger partial charge in [0.25, 0.3) is 0 Å². The normalized spacial score (nSPS) is 11.6. The highest BCUT2D eigenvalue weighted by Gasteiger charge is 2.19. The summed E-state index contributed by atoms with van der Waals surface area (Å²) < 4.78 is 0. The number of carbonyl (C=O) groups excluding carboxylic acids is 1. The summed E-state index contributed by atoms with van der Waals surface area (Å²) in [5.74, 6) is 0.175.